The predicted octanol–water partition coefficient (Wildman–Crippen LogP) is 6.48. The van der Waals surface area contributed by atoms with Gasteiger partial charge in [-0.1, -0.05) is 59.6 Å². The minimum Gasteiger partial charge on any atom is -0.493 e. The Balaban J connectivity index is 1.88. The van der Waals surface area contributed by atoms with Crippen molar-refractivity contribution in [2.45, 2.75) is 12.1 Å². The van der Waals surface area contributed by atoms with E-state index >= 15 is 0 Å². The second-order valence-electron chi connectivity index (χ2n) is 6.39. The molecule has 0 radical (unpaired) electrons. The van der Waals surface area contributed by atoms with Gasteiger partial charge in [-0.2, -0.15) is 21.6 Å². The highest BCUT2D eigenvalue weighted by Gasteiger charge is 2.48. The SMILES string of the molecule is COc1cc(-c2cc(Cl)c(OS(=O)(=O)C(F)(F)F)cc2Cl)ccc1OCc1ccccc1. The molecule has 0 aromatic heterocycles. The first-order valence-corrected chi connectivity index (χ1v) is 11.0. The van der Waals surface area contributed by atoms with Gasteiger partial charge in [0.05, 0.1) is 17.2 Å². The van der Waals surface area contributed by atoms with Crippen molar-refractivity contribution in [3.05, 3.63) is 76.3 Å². The summed E-state index contributed by atoms with van der Waals surface area (Å²) in [7, 11) is -4.45. The molecule has 0 atom stereocenters. The molecule has 11 heteroatoms. The Bertz CT molecular complexity index is 1220. The zero-order chi connectivity index (χ0) is 23.5. The minimum atomic E-state index is -5.89. The summed E-state index contributed by atoms with van der Waals surface area (Å²) in [6.07, 6.45) is 0. The molecular weight excluding hydrogens is 492 g/mol. The second kappa shape index (κ2) is 9.48. The van der Waals surface area contributed by atoms with E-state index in [4.69, 9.17) is 32.7 Å². The van der Waals surface area contributed by atoms with E-state index in [1.54, 1.807) is 18.2 Å². The average molecular weight is 507 g/mol. The molecule has 3 aromatic rings. The quantitative estimate of drug-likeness (QED) is 0.271. The molecule has 0 N–H and O–H groups in total. The molecule has 0 aliphatic heterocycles. The van der Waals surface area contributed by atoms with Gasteiger partial charge in [-0.25, -0.2) is 0 Å². The van der Waals surface area contributed by atoms with Crippen molar-refractivity contribution < 1.29 is 35.2 Å². The molecule has 0 fully saturated rings. The van der Waals surface area contributed by atoms with E-state index in [1.165, 1.54) is 13.2 Å². The monoisotopic (exact) mass is 506 g/mol. The zero-order valence-electron chi connectivity index (χ0n) is 16.3. The van der Waals surface area contributed by atoms with Gasteiger partial charge >= 0.3 is 15.6 Å². The minimum absolute atomic E-state index is 0.0817. The van der Waals surface area contributed by atoms with Crippen molar-refractivity contribution in [1.29, 1.82) is 0 Å². The number of ether oxygens (including phenoxy) is 2. The first-order valence-electron chi connectivity index (χ1n) is 8.87. The molecular formula is C21H15Cl2F3O5S. The van der Waals surface area contributed by atoms with Crippen LogP contribution in [0.2, 0.25) is 10.0 Å². The van der Waals surface area contributed by atoms with Gasteiger partial charge in [-0.15, -0.1) is 0 Å². The average Bonchev–Trinajstić information content (AvgIpc) is 2.74. The molecule has 3 aromatic carbocycles. The van der Waals surface area contributed by atoms with Gasteiger partial charge in [0.15, 0.2) is 17.2 Å². The number of hydrogen-bond acceptors (Lipinski definition) is 5. The maximum absolute atomic E-state index is 12.6. The van der Waals surface area contributed by atoms with Crippen LogP contribution in [0.5, 0.6) is 17.2 Å². The van der Waals surface area contributed by atoms with Crippen molar-refractivity contribution in [2.24, 2.45) is 0 Å². The van der Waals surface area contributed by atoms with Crippen molar-refractivity contribution in [2.75, 3.05) is 7.11 Å². The third-order valence-electron chi connectivity index (χ3n) is 4.22. The summed E-state index contributed by atoms with van der Waals surface area (Å²) >= 11 is 12.1. The molecule has 0 unspecified atom stereocenters. The van der Waals surface area contributed by atoms with Crippen LogP contribution in [0.3, 0.4) is 0 Å². The van der Waals surface area contributed by atoms with Crippen LogP contribution < -0.4 is 13.7 Å². The largest absolute Gasteiger partial charge is 0.534 e. The molecule has 3 rings (SSSR count). The molecule has 5 nitrogen and oxygen atoms in total. The van der Waals surface area contributed by atoms with Crippen LogP contribution in [0.4, 0.5) is 13.2 Å². The molecule has 0 aliphatic rings. The highest BCUT2D eigenvalue weighted by molar-refractivity contribution is 7.88. The van der Waals surface area contributed by atoms with Crippen molar-refractivity contribution >= 4 is 33.3 Å². The Hall–Kier alpha value is -2.62. The van der Waals surface area contributed by atoms with Gasteiger partial charge in [-0.3, -0.25) is 0 Å². The maximum Gasteiger partial charge on any atom is 0.534 e. The van der Waals surface area contributed by atoms with Crippen LogP contribution in [0.25, 0.3) is 11.1 Å². The lowest BCUT2D eigenvalue weighted by atomic mass is 10.0. The fourth-order valence-corrected chi connectivity index (χ4v) is 3.65. The first-order chi connectivity index (χ1) is 15.0. The zero-order valence-corrected chi connectivity index (χ0v) is 18.6. The Labute approximate surface area is 192 Å². The highest BCUT2D eigenvalue weighted by atomic mass is 35.5. The smallest absolute Gasteiger partial charge is 0.493 e. The normalized spacial score (nSPS) is 11.8. The Kier molecular flexibility index (Phi) is 7.12. The Morgan fingerprint density at radius 3 is 2.19 bits per heavy atom. The molecule has 0 spiro atoms. The number of rotatable bonds is 7. The first kappa shape index (κ1) is 24.0. The third-order valence-corrected chi connectivity index (χ3v) is 5.79. The molecule has 170 valence electrons. The number of halogens is 5. The summed E-state index contributed by atoms with van der Waals surface area (Å²) < 4.78 is 75.5. The summed E-state index contributed by atoms with van der Waals surface area (Å²) in [5.74, 6) is 0.0941. The van der Waals surface area contributed by atoms with Crippen LogP contribution in [-0.4, -0.2) is 21.0 Å². The summed E-state index contributed by atoms with van der Waals surface area (Å²) in [6.45, 7) is 0.308. The number of benzene rings is 3. The maximum atomic E-state index is 12.6. The van der Waals surface area contributed by atoms with Gasteiger partial charge in [0, 0.05) is 11.6 Å². The van der Waals surface area contributed by atoms with Crippen LogP contribution >= 0.6 is 23.2 Å². The Morgan fingerprint density at radius 1 is 0.875 bits per heavy atom. The summed E-state index contributed by atoms with van der Waals surface area (Å²) in [4.78, 5) is 0. The van der Waals surface area contributed by atoms with E-state index in [9.17, 15) is 21.6 Å². The van der Waals surface area contributed by atoms with Gasteiger partial charge < -0.3 is 13.7 Å². The number of hydrogen-bond donors (Lipinski definition) is 0. The van der Waals surface area contributed by atoms with Crippen LogP contribution in [0, 0.1) is 0 Å². The van der Waals surface area contributed by atoms with E-state index in [0.29, 0.717) is 29.2 Å². The highest BCUT2D eigenvalue weighted by Crippen LogP contribution is 2.41. The van der Waals surface area contributed by atoms with Crippen LogP contribution in [-0.2, 0) is 16.7 Å². The molecule has 32 heavy (non-hydrogen) atoms. The molecule has 0 aliphatic carbocycles. The topological polar surface area (TPSA) is 61.8 Å². The van der Waals surface area contributed by atoms with Crippen LogP contribution in [0.15, 0.2) is 60.7 Å². The lowest BCUT2D eigenvalue weighted by Gasteiger charge is -2.15. The van der Waals surface area contributed by atoms with Crippen LogP contribution in [0.1, 0.15) is 5.56 Å². The number of alkyl halides is 3. The van der Waals surface area contributed by atoms with Gasteiger partial charge in [0.25, 0.3) is 0 Å². The van der Waals surface area contributed by atoms with Crippen molar-refractivity contribution in [3.63, 3.8) is 0 Å². The lowest BCUT2D eigenvalue weighted by Crippen LogP contribution is -2.28. The van der Waals surface area contributed by atoms with Crippen molar-refractivity contribution in [1.82, 2.24) is 0 Å². The molecule has 0 saturated carbocycles. The van der Waals surface area contributed by atoms with E-state index in [2.05, 4.69) is 4.18 Å². The van der Waals surface area contributed by atoms with E-state index in [0.717, 1.165) is 11.6 Å². The molecule has 0 saturated heterocycles. The van der Waals surface area contributed by atoms with E-state index < -0.39 is 21.4 Å². The Morgan fingerprint density at radius 2 is 1.56 bits per heavy atom. The fraction of sp³-hybridized carbons (Fsp3) is 0.143. The summed E-state index contributed by atoms with van der Waals surface area (Å²) in [6, 6.07) is 16.5. The van der Waals surface area contributed by atoms with E-state index in [1.807, 2.05) is 30.3 Å². The fourth-order valence-electron chi connectivity index (χ4n) is 2.67. The van der Waals surface area contributed by atoms with Gasteiger partial charge in [0.1, 0.15) is 6.61 Å². The molecule has 0 heterocycles. The lowest BCUT2D eigenvalue weighted by molar-refractivity contribution is -0.0500. The van der Waals surface area contributed by atoms with Crippen molar-refractivity contribution in [3.8, 4) is 28.4 Å². The van der Waals surface area contributed by atoms with Gasteiger partial charge in [-0.05, 0) is 29.3 Å². The van der Waals surface area contributed by atoms with Gasteiger partial charge in [0.2, 0.25) is 0 Å². The summed E-state index contributed by atoms with van der Waals surface area (Å²) in [5, 5.41) is -0.456. The molecule has 0 bridgehead atoms. The molecule has 0 amide bonds. The standard InChI is InChI=1S/C21H15Cl2F3O5S/c1-29-20-9-14(7-8-18(20)30-12-13-5-3-2-4-6-13)15-10-17(23)19(11-16(15)22)31-32(27,28)21(24,25)26/h2-11H,12H2,1H3. The predicted molar refractivity (Wildman–Crippen MR) is 115 cm³/mol. The second-order valence-corrected chi connectivity index (χ2v) is 8.74. The number of methoxy groups -OCH3 is 1. The van der Waals surface area contributed by atoms with E-state index in [-0.39, 0.29) is 10.0 Å². The summed E-state index contributed by atoms with van der Waals surface area (Å²) in [5.41, 5.74) is -3.82. The third kappa shape index (κ3) is 5.40.